The van der Waals surface area contributed by atoms with Crippen LogP contribution in [0.1, 0.15) is 16.2 Å². The normalized spacial score (nSPS) is 11.0. The van der Waals surface area contributed by atoms with E-state index in [2.05, 4.69) is 10.2 Å². The molecule has 2 aromatic heterocycles. The van der Waals surface area contributed by atoms with Crippen LogP contribution >= 0.6 is 0 Å². The number of hydrogen-bond acceptors (Lipinski definition) is 3. The maximum atomic E-state index is 10.8. The Morgan fingerprint density at radius 2 is 2.05 bits per heavy atom. The Hall–Kier alpha value is -2.63. The standard InChI is InChI=1S/C13H12N4O2/c1-16-12-5-3-2-4-9(12)11(14-16)8-17-7-6-10(15-17)13(18)19/h2-7H,8H2,1H3,(H,18,19). The van der Waals surface area contributed by atoms with E-state index < -0.39 is 5.97 Å². The molecule has 0 unspecified atom stereocenters. The zero-order chi connectivity index (χ0) is 13.4. The summed E-state index contributed by atoms with van der Waals surface area (Å²) in [5.41, 5.74) is 1.96. The largest absolute Gasteiger partial charge is 0.476 e. The van der Waals surface area contributed by atoms with Gasteiger partial charge in [0, 0.05) is 18.6 Å². The van der Waals surface area contributed by atoms with Crippen LogP contribution in [-0.4, -0.2) is 30.6 Å². The highest BCUT2D eigenvalue weighted by Crippen LogP contribution is 2.18. The Morgan fingerprint density at radius 1 is 1.26 bits per heavy atom. The highest BCUT2D eigenvalue weighted by Gasteiger charge is 2.11. The van der Waals surface area contributed by atoms with Crippen molar-refractivity contribution in [3.8, 4) is 0 Å². The smallest absolute Gasteiger partial charge is 0.356 e. The fourth-order valence-electron chi connectivity index (χ4n) is 2.12. The molecule has 1 aromatic carbocycles. The van der Waals surface area contributed by atoms with Gasteiger partial charge in [-0.25, -0.2) is 4.79 Å². The molecule has 0 amide bonds. The molecular weight excluding hydrogens is 244 g/mol. The van der Waals surface area contributed by atoms with Crippen molar-refractivity contribution >= 4 is 16.9 Å². The maximum absolute atomic E-state index is 10.8. The van der Waals surface area contributed by atoms with E-state index in [0.29, 0.717) is 6.54 Å². The molecule has 0 aliphatic heterocycles. The fraction of sp³-hybridized carbons (Fsp3) is 0.154. The summed E-state index contributed by atoms with van der Waals surface area (Å²) >= 11 is 0. The summed E-state index contributed by atoms with van der Waals surface area (Å²) < 4.78 is 3.39. The van der Waals surface area contributed by atoms with E-state index in [1.54, 1.807) is 10.9 Å². The summed E-state index contributed by atoms with van der Waals surface area (Å²) in [5.74, 6) is -1.02. The lowest BCUT2D eigenvalue weighted by Gasteiger charge is -1.98. The van der Waals surface area contributed by atoms with E-state index in [0.717, 1.165) is 16.6 Å². The van der Waals surface area contributed by atoms with Gasteiger partial charge in [0.25, 0.3) is 0 Å². The Balaban J connectivity index is 1.98. The van der Waals surface area contributed by atoms with Crippen molar-refractivity contribution in [3.63, 3.8) is 0 Å². The first-order valence-electron chi connectivity index (χ1n) is 5.82. The number of benzene rings is 1. The number of carboxylic acid groups (broad SMARTS) is 1. The number of nitrogens with zero attached hydrogens (tertiary/aromatic N) is 4. The van der Waals surface area contributed by atoms with Crippen molar-refractivity contribution in [2.75, 3.05) is 0 Å². The molecule has 1 N–H and O–H groups in total. The summed E-state index contributed by atoms with van der Waals surface area (Å²) in [7, 11) is 1.89. The number of carboxylic acids is 1. The van der Waals surface area contributed by atoms with Crippen LogP contribution in [0.3, 0.4) is 0 Å². The van der Waals surface area contributed by atoms with Crippen molar-refractivity contribution in [2.45, 2.75) is 6.54 Å². The van der Waals surface area contributed by atoms with Crippen molar-refractivity contribution in [1.82, 2.24) is 19.6 Å². The Morgan fingerprint density at radius 3 is 2.79 bits per heavy atom. The van der Waals surface area contributed by atoms with Gasteiger partial charge in [-0.2, -0.15) is 10.2 Å². The van der Waals surface area contributed by atoms with Crippen LogP contribution < -0.4 is 0 Å². The van der Waals surface area contributed by atoms with Crippen LogP contribution in [0.25, 0.3) is 10.9 Å². The minimum absolute atomic E-state index is 0.0419. The molecule has 0 atom stereocenters. The average molecular weight is 256 g/mol. The second kappa shape index (κ2) is 4.24. The fourth-order valence-corrected chi connectivity index (χ4v) is 2.12. The number of rotatable bonds is 3. The lowest BCUT2D eigenvalue weighted by Crippen LogP contribution is -2.05. The third kappa shape index (κ3) is 1.97. The Kier molecular flexibility index (Phi) is 2.56. The monoisotopic (exact) mass is 256 g/mol. The molecule has 0 aliphatic rings. The van der Waals surface area contributed by atoms with E-state index >= 15 is 0 Å². The Labute approximate surface area is 108 Å². The van der Waals surface area contributed by atoms with E-state index in [4.69, 9.17) is 5.11 Å². The third-order valence-electron chi connectivity index (χ3n) is 3.01. The van der Waals surface area contributed by atoms with Gasteiger partial charge in [-0.05, 0) is 12.1 Å². The molecule has 0 saturated carbocycles. The first-order chi connectivity index (χ1) is 9.15. The van der Waals surface area contributed by atoms with Gasteiger partial charge >= 0.3 is 5.97 Å². The van der Waals surface area contributed by atoms with Gasteiger partial charge in [-0.3, -0.25) is 9.36 Å². The zero-order valence-corrected chi connectivity index (χ0v) is 10.3. The molecule has 3 aromatic rings. The van der Waals surface area contributed by atoms with E-state index in [1.807, 2.05) is 36.0 Å². The summed E-state index contributed by atoms with van der Waals surface area (Å²) in [6, 6.07) is 9.40. The minimum Gasteiger partial charge on any atom is -0.476 e. The number of aryl methyl sites for hydroxylation is 1. The zero-order valence-electron chi connectivity index (χ0n) is 10.3. The molecule has 0 spiro atoms. The van der Waals surface area contributed by atoms with E-state index in [9.17, 15) is 4.79 Å². The summed E-state index contributed by atoms with van der Waals surface area (Å²) in [5, 5.41) is 18.3. The molecule has 0 fully saturated rings. The average Bonchev–Trinajstić information content (AvgIpc) is 2.97. The number of aromatic nitrogens is 4. The third-order valence-corrected chi connectivity index (χ3v) is 3.01. The molecule has 0 bridgehead atoms. The predicted octanol–water partition coefficient (Wildman–Crippen LogP) is 1.52. The number of aromatic carboxylic acids is 1. The van der Waals surface area contributed by atoms with E-state index in [1.165, 1.54) is 6.07 Å². The number of para-hydroxylation sites is 1. The second-order valence-electron chi connectivity index (χ2n) is 4.29. The molecule has 0 radical (unpaired) electrons. The molecule has 0 saturated heterocycles. The summed E-state index contributed by atoms with van der Waals surface area (Å²) in [6.45, 7) is 0.453. The van der Waals surface area contributed by atoms with Crippen molar-refractivity contribution < 1.29 is 9.90 Å². The van der Waals surface area contributed by atoms with Gasteiger partial charge in [0.15, 0.2) is 5.69 Å². The molecule has 19 heavy (non-hydrogen) atoms. The van der Waals surface area contributed by atoms with Gasteiger partial charge < -0.3 is 5.11 Å². The highest BCUT2D eigenvalue weighted by molar-refractivity contribution is 5.85. The topological polar surface area (TPSA) is 72.9 Å². The predicted molar refractivity (Wildman–Crippen MR) is 69.0 cm³/mol. The molecular formula is C13H12N4O2. The maximum Gasteiger partial charge on any atom is 0.356 e. The molecule has 0 aliphatic carbocycles. The number of carbonyl (C=O) groups is 1. The first-order valence-corrected chi connectivity index (χ1v) is 5.82. The SMILES string of the molecule is Cn1nc(Cn2ccc(C(=O)O)n2)c2ccccc21. The van der Waals surface area contributed by atoms with Crippen molar-refractivity contribution in [1.29, 1.82) is 0 Å². The van der Waals surface area contributed by atoms with Gasteiger partial charge in [0.2, 0.25) is 0 Å². The van der Waals surface area contributed by atoms with Gasteiger partial charge in [-0.15, -0.1) is 0 Å². The summed E-state index contributed by atoms with van der Waals surface area (Å²) in [6.07, 6.45) is 1.65. The number of fused-ring (bicyclic) bond motifs is 1. The number of hydrogen-bond donors (Lipinski definition) is 1. The lowest BCUT2D eigenvalue weighted by atomic mass is 10.2. The molecule has 6 heteroatoms. The van der Waals surface area contributed by atoms with Crippen LogP contribution in [0, 0.1) is 0 Å². The minimum atomic E-state index is -1.02. The van der Waals surface area contributed by atoms with Crippen molar-refractivity contribution in [2.24, 2.45) is 7.05 Å². The van der Waals surface area contributed by atoms with Gasteiger partial charge in [0.05, 0.1) is 17.8 Å². The van der Waals surface area contributed by atoms with Crippen LogP contribution in [0.15, 0.2) is 36.5 Å². The van der Waals surface area contributed by atoms with Crippen LogP contribution in [-0.2, 0) is 13.6 Å². The Bertz CT molecular complexity index is 757. The van der Waals surface area contributed by atoms with Crippen LogP contribution in [0.2, 0.25) is 0 Å². The van der Waals surface area contributed by atoms with Gasteiger partial charge in [0.1, 0.15) is 0 Å². The van der Waals surface area contributed by atoms with Crippen LogP contribution in [0.4, 0.5) is 0 Å². The molecule has 3 rings (SSSR count). The van der Waals surface area contributed by atoms with Gasteiger partial charge in [-0.1, -0.05) is 18.2 Å². The molecule has 6 nitrogen and oxygen atoms in total. The highest BCUT2D eigenvalue weighted by atomic mass is 16.4. The second-order valence-corrected chi connectivity index (χ2v) is 4.29. The lowest BCUT2D eigenvalue weighted by molar-refractivity contribution is 0.0689. The van der Waals surface area contributed by atoms with E-state index in [-0.39, 0.29) is 5.69 Å². The van der Waals surface area contributed by atoms with Crippen molar-refractivity contribution in [3.05, 3.63) is 47.9 Å². The molecule has 96 valence electrons. The van der Waals surface area contributed by atoms with Crippen LogP contribution in [0.5, 0.6) is 0 Å². The quantitative estimate of drug-likeness (QED) is 0.771. The first kappa shape index (κ1) is 11.5. The summed E-state index contributed by atoms with van der Waals surface area (Å²) in [4.78, 5) is 10.8. The molecule has 2 heterocycles.